The van der Waals surface area contributed by atoms with Gasteiger partial charge in [0.15, 0.2) is 17.5 Å². The first-order valence-corrected chi connectivity index (χ1v) is 6.99. The molecule has 0 aliphatic rings. The average molecular weight is 290 g/mol. The molecule has 0 radical (unpaired) electrons. The lowest BCUT2D eigenvalue weighted by Crippen LogP contribution is -1.96. The van der Waals surface area contributed by atoms with Crippen LogP contribution in [0.5, 0.6) is 0 Å². The SMILES string of the molecule is CCC/C=C/c1ccc(Cc2cc(F)c(F)c(F)c2)cc1. The van der Waals surface area contributed by atoms with Crippen molar-refractivity contribution in [3.05, 3.63) is 76.6 Å². The van der Waals surface area contributed by atoms with Crippen LogP contribution in [-0.2, 0) is 6.42 Å². The fraction of sp³-hybridized carbons (Fsp3) is 0.222. The molecule has 0 saturated carbocycles. The van der Waals surface area contributed by atoms with Crippen molar-refractivity contribution in [2.75, 3.05) is 0 Å². The lowest BCUT2D eigenvalue weighted by atomic mass is 10.0. The fourth-order valence-corrected chi connectivity index (χ4v) is 2.08. The van der Waals surface area contributed by atoms with Gasteiger partial charge in [-0.25, -0.2) is 13.2 Å². The highest BCUT2D eigenvalue weighted by Gasteiger charge is 2.10. The Balaban J connectivity index is 2.10. The number of halogens is 3. The van der Waals surface area contributed by atoms with Gasteiger partial charge in [-0.05, 0) is 41.7 Å². The van der Waals surface area contributed by atoms with E-state index in [1.807, 2.05) is 30.3 Å². The van der Waals surface area contributed by atoms with E-state index in [2.05, 4.69) is 13.0 Å². The van der Waals surface area contributed by atoms with Crippen molar-refractivity contribution in [3.8, 4) is 0 Å². The van der Waals surface area contributed by atoms with Crippen molar-refractivity contribution in [1.29, 1.82) is 0 Å². The summed E-state index contributed by atoms with van der Waals surface area (Å²) >= 11 is 0. The second-order valence-electron chi connectivity index (χ2n) is 4.98. The van der Waals surface area contributed by atoms with Crippen LogP contribution in [0.2, 0.25) is 0 Å². The number of unbranched alkanes of at least 4 members (excludes halogenated alkanes) is 1. The summed E-state index contributed by atoms with van der Waals surface area (Å²) < 4.78 is 39.2. The minimum Gasteiger partial charge on any atom is -0.204 e. The van der Waals surface area contributed by atoms with Gasteiger partial charge >= 0.3 is 0 Å². The van der Waals surface area contributed by atoms with Gasteiger partial charge in [0.1, 0.15) is 0 Å². The highest BCUT2D eigenvalue weighted by Crippen LogP contribution is 2.17. The van der Waals surface area contributed by atoms with Crippen LogP contribution in [0.4, 0.5) is 13.2 Å². The van der Waals surface area contributed by atoms with Crippen molar-refractivity contribution in [2.45, 2.75) is 26.2 Å². The molecule has 0 N–H and O–H groups in total. The van der Waals surface area contributed by atoms with E-state index in [4.69, 9.17) is 0 Å². The highest BCUT2D eigenvalue weighted by atomic mass is 19.2. The summed E-state index contributed by atoms with van der Waals surface area (Å²) in [6.07, 6.45) is 6.67. The van der Waals surface area contributed by atoms with Crippen molar-refractivity contribution in [2.24, 2.45) is 0 Å². The quantitative estimate of drug-likeness (QED) is 0.637. The van der Waals surface area contributed by atoms with Gasteiger partial charge < -0.3 is 0 Å². The molecule has 2 aromatic carbocycles. The monoisotopic (exact) mass is 290 g/mol. The van der Waals surface area contributed by atoms with Crippen molar-refractivity contribution in [1.82, 2.24) is 0 Å². The topological polar surface area (TPSA) is 0 Å². The number of rotatable bonds is 5. The Morgan fingerprint density at radius 3 is 2.10 bits per heavy atom. The lowest BCUT2D eigenvalue weighted by molar-refractivity contribution is 0.445. The normalized spacial score (nSPS) is 11.2. The molecule has 2 rings (SSSR count). The Bertz CT molecular complexity index is 604. The molecule has 0 atom stereocenters. The molecule has 3 heteroatoms. The summed E-state index contributed by atoms with van der Waals surface area (Å²) in [6.45, 7) is 2.12. The van der Waals surface area contributed by atoms with Gasteiger partial charge in [-0.2, -0.15) is 0 Å². The molecule has 0 spiro atoms. The molecular formula is C18H17F3. The van der Waals surface area contributed by atoms with E-state index in [-0.39, 0.29) is 0 Å². The van der Waals surface area contributed by atoms with Gasteiger partial charge in [-0.3, -0.25) is 0 Å². The molecule has 0 bridgehead atoms. The highest BCUT2D eigenvalue weighted by molar-refractivity contribution is 5.49. The molecule has 0 fully saturated rings. The first-order chi connectivity index (χ1) is 10.1. The first kappa shape index (κ1) is 15.4. The Kier molecular flexibility index (Phi) is 5.20. The van der Waals surface area contributed by atoms with Crippen molar-refractivity contribution >= 4 is 6.08 Å². The summed E-state index contributed by atoms with van der Waals surface area (Å²) in [5.41, 5.74) is 2.43. The predicted octanol–water partition coefficient (Wildman–Crippen LogP) is 5.51. The van der Waals surface area contributed by atoms with E-state index in [1.165, 1.54) is 0 Å². The van der Waals surface area contributed by atoms with Crippen LogP contribution < -0.4 is 0 Å². The molecule has 0 unspecified atom stereocenters. The summed E-state index contributed by atoms with van der Waals surface area (Å²) in [5.74, 6) is -3.72. The van der Waals surface area contributed by atoms with E-state index in [9.17, 15) is 13.2 Å². The number of hydrogen-bond acceptors (Lipinski definition) is 0. The molecule has 0 aliphatic heterocycles. The maximum Gasteiger partial charge on any atom is 0.194 e. The van der Waals surface area contributed by atoms with Gasteiger partial charge in [0.2, 0.25) is 0 Å². The predicted molar refractivity (Wildman–Crippen MR) is 79.5 cm³/mol. The van der Waals surface area contributed by atoms with Crippen LogP contribution in [0, 0.1) is 17.5 Å². The summed E-state index contributed by atoms with van der Waals surface area (Å²) in [7, 11) is 0. The molecule has 0 amide bonds. The third kappa shape index (κ3) is 4.22. The van der Waals surface area contributed by atoms with Gasteiger partial charge in [-0.15, -0.1) is 0 Å². The first-order valence-electron chi connectivity index (χ1n) is 6.99. The van der Waals surface area contributed by atoms with Gasteiger partial charge in [0.05, 0.1) is 0 Å². The smallest absolute Gasteiger partial charge is 0.194 e. The number of hydrogen-bond donors (Lipinski definition) is 0. The third-order valence-corrected chi connectivity index (χ3v) is 3.20. The molecule has 110 valence electrons. The average Bonchev–Trinajstić information content (AvgIpc) is 2.47. The summed E-state index contributed by atoms with van der Waals surface area (Å²) in [6, 6.07) is 9.80. The lowest BCUT2D eigenvalue weighted by Gasteiger charge is -2.04. The van der Waals surface area contributed by atoms with Gasteiger partial charge in [-0.1, -0.05) is 49.8 Å². The molecule has 2 aromatic rings. The summed E-state index contributed by atoms with van der Waals surface area (Å²) in [5, 5.41) is 0. The van der Waals surface area contributed by atoms with Crippen LogP contribution in [0.3, 0.4) is 0 Å². The van der Waals surface area contributed by atoms with E-state index in [0.29, 0.717) is 12.0 Å². The Morgan fingerprint density at radius 1 is 0.905 bits per heavy atom. The Labute approximate surface area is 122 Å². The minimum atomic E-state index is -1.42. The maximum absolute atomic E-state index is 13.2. The zero-order valence-corrected chi connectivity index (χ0v) is 11.9. The van der Waals surface area contributed by atoms with E-state index in [0.717, 1.165) is 36.1 Å². The maximum atomic E-state index is 13.2. The second kappa shape index (κ2) is 7.11. The molecule has 0 heterocycles. The minimum absolute atomic E-state index is 0.368. The largest absolute Gasteiger partial charge is 0.204 e. The van der Waals surface area contributed by atoms with E-state index >= 15 is 0 Å². The second-order valence-corrected chi connectivity index (χ2v) is 4.98. The van der Waals surface area contributed by atoms with Crippen LogP contribution in [-0.4, -0.2) is 0 Å². The molecular weight excluding hydrogens is 273 g/mol. The zero-order valence-electron chi connectivity index (χ0n) is 11.9. The standard InChI is InChI=1S/C18H17F3/c1-2-3-4-5-13-6-8-14(9-7-13)10-15-11-16(19)18(21)17(20)12-15/h4-9,11-12H,2-3,10H2,1H3/b5-4+. The Hall–Kier alpha value is -2.03. The summed E-state index contributed by atoms with van der Waals surface area (Å²) in [4.78, 5) is 0. The number of allylic oxidation sites excluding steroid dienone is 1. The van der Waals surface area contributed by atoms with E-state index in [1.54, 1.807) is 0 Å². The number of benzene rings is 2. The van der Waals surface area contributed by atoms with Gasteiger partial charge in [0, 0.05) is 0 Å². The molecule has 0 saturated heterocycles. The van der Waals surface area contributed by atoms with Crippen LogP contribution in [0.15, 0.2) is 42.5 Å². The molecule has 0 nitrogen and oxygen atoms in total. The molecule has 0 aromatic heterocycles. The van der Waals surface area contributed by atoms with Gasteiger partial charge in [0.25, 0.3) is 0 Å². The molecule has 0 aliphatic carbocycles. The van der Waals surface area contributed by atoms with Crippen molar-refractivity contribution < 1.29 is 13.2 Å². The van der Waals surface area contributed by atoms with Crippen LogP contribution >= 0.6 is 0 Å². The zero-order chi connectivity index (χ0) is 15.2. The fourth-order valence-electron chi connectivity index (χ4n) is 2.08. The third-order valence-electron chi connectivity index (χ3n) is 3.20. The van der Waals surface area contributed by atoms with Crippen LogP contribution in [0.1, 0.15) is 36.5 Å². The van der Waals surface area contributed by atoms with Crippen LogP contribution in [0.25, 0.3) is 6.08 Å². The van der Waals surface area contributed by atoms with E-state index < -0.39 is 17.5 Å². The van der Waals surface area contributed by atoms with Crippen molar-refractivity contribution in [3.63, 3.8) is 0 Å². The molecule has 21 heavy (non-hydrogen) atoms. The Morgan fingerprint density at radius 2 is 1.52 bits per heavy atom.